The predicted octanol–water partition coefficient (Wildman–Crippen LogP) is 3.50. The first-order valence-electron chi connectivity index (χ1n) is 8.52. The molecule has 1 unspecified atom stereocenters. The fourth-order valence-electron chi connectivity index (χ4n) is 2.80. The lowest BCUT2D eigenvalue weighted by molar-refractivity contribution is 0.0681. The number of rotatable bonds is 6. The van der Waals surface area contributed by atoms with E-state index in [2.05, 4.69) is 5.32 Å². The Morgan fingerprint density at radius 1 is 1.23 bits per heavy atom. The molecular weight excluding hydrogens is 334 g/mol. The number of amides is 1. The van der Waals surface area contributed by atoms with Gasteiger partial charge in [0.15, 0.2) is 0 Å². The third kappa shape index (κ3) is 4.40. The first kappa shape index (κ1) is 17.9. The van der Waals surface area contributed by atoms with Crippen molar-refractivity contribution in [3.8, 4) is 5.75 Å². The highest BCUT2D eigenvalue weighted by Crippen LogP contribution is 2.27. The van der Waals surface area contributed by atoms with Crippen molar-refractivity contribution in [3.05, 3.63) is 59.2 Å². The van der Waals surface area contributed by atoms with E-state index in [1.165, 1.54) is 12.1 Å². The fraction of sp³-hybridized carbons (Fsp3) is 0.300. The molecule has 6 heteroatoms. The summed E-state index contributed by atoms with van der Waals surface area (Å²) < 4.78 is 11.4. The highest BCUT2D eigenvalue weighted by atomic mass is 16.5. The Bertz CT molecular complexity index is 812. The number of carboxylic acids is 1. The van der Waals surface area contributed by atoms with Gasteiger partial charge in [0.05, 0.1) is 17.4 Å². The molecule has 0 radical (unpaired) electrons. The SMILES string of the molecule is Cc1ccc(NC(=O)c2cccc(C(=O)O)c2)c(OCC2CCCO2)c1. The monoisotopic (exact) mass is 355 g/mol. The van der Waals surface area contributed by atoms with Gasteiger partial charge in [0, 0.05) is 12.2 Å². The van der Waals surface area contributed by atoms with Gasteiger partial charge < -0.3 is 19.9 Å². The lowest BCUT2D eigenvalue weighted by atomic mass is 10.1. The zero-order chi connectivity index (χ0) is 18.5. The van der Waals surface area contributed by atoms with Crippen molar-refractivity contribution in [3.63, 3.8) is 0 Å². The van der Waals surface area contributed by atoms with Crippen LogP contribution in [0.3, 0.4) is 0 Å². The number of ether oxygens (including phenoxy) is 2. The summed E-state index contributed by atoms with van der Waals surface area (Å²) in [6.07, 6.45) is 2.08. The van der Waals surface area contributed by atoms with E-state index in [-0.39, 0.29) is 23.1 Å². The number of carbonyl (C=O) groups excluding carboxylic acids is 1. The topological polar surface area (TPSA) is 84.9 Å². The van der Waals surface area contributed by atoms with E-state index in [0.717, 1.165) is 25.0 Å². The minimum absolute atomic E-state index is 0.0661. The predicted molar refractivity (Wildman–Crippen MR) is 97.0 cm³/mol. The average molecular weight is 355 g/mol. The van der Waals surface area contributed by atoms with Crippen molar-refractivity contribution < 1.29 is 24.2 Å². The largest absolute Gasteiger partial charge is 0.489 e. The van der Waals surface area contributed by atoms with Crippen molar-refractivity contribution in [2.75, 3.05) is 18.5 Å². The molecule has 3 rings (SSSR count). The number of carboxylic acid groups (broad SMARTS) is 1. The van der Waals surface area contributed by atoms with E-state index in [4.69, 9.17) is 14.6 Å². The summed E-state index contributed by atoms with van der Waals surface area (Å²) in [5.41, 5.74) is 1.89. The van der Waals surface area contributed by atoms with Gasteiger partial charge in [-0.05, 0) is 55.7 Å². The number of nitrogens with one attached hydrogen (secondary N) is 1. The quantitative estimate of drug-likeness (QED) is 0.828. The van der Waals surface area contributed by atoms with Crippen LogP contribution < -0.4 is 10.1 Å². The van der Waals surface area contributed by atoms with Crippen molar-refractivity contribution in [1.29, 1.82) is 0 Å². The molecule has 1 amide bonds. The summed E-state index contributed by atoms with van der Waals surface area (Å²) in [5, 5.41) is 11.9. The van der Waals surface area contributed by atoms with Crippen LogP contribution in [-0.4, -0.2) is 36.3 Å². The summed E-state index contributed by atoms with van der Waals surface area (Å²) >= 11 is 0. The van der Waals surface area contributed by atoms with Crippen LogP contribution in [0.25, 0.3) is 0 Å². The van der Waals surface area contributed by atoms with Gasteiger partial charge in [0.25, 0.3) is 5.91 Å². The molecule has 6 nitrogen and oxygen atoms in total. The van der Waals surface area contributed by atoms with Crippen molar-refractivity contribution >= 4 is 17.6 Å². The van der Waals surface area contributed by atoms with Gasteiger partial charge in [-0.2, -0.15) is 0 Å². The molecule has 136 valence electrons. The highest BCUT2D eigenvalue weighted by molar-refractivity contribution is 6.06. The maximum Gasteiger partial charge on any atom is 0.335 e. The van der Waals surface area contributed by atoms with Crippen LogP contribution in [0.5, 0.6) is 5.75 Å². The number of carbonyl (C=O) groups is 2. The third-order valence-corrected chi connectivity index (χ3v) is 4.21. The molecule has 2 aromatic carbocycles. The molecule has 1 atom stereocenters. The fourth-order valence-corrected chi connectivity index (χ4v) is 2.80. The molecule has 26 heavy (non-hydrogen) atoms. The molecule has 1 aliphatic rings. The van der Waals surface area contributed by atoms with Gasteiger partial charge >= 0.3 is 5.97 Å². The molecular formula is C20H21NO5. The number of hydrogen-bond acceptors (Lipinski definition) is 4. The molecule has 2 aromatic rings. The van der Waals surface area contributed by atoms with E-state index in [1.54, 1.807) is 18.2 Å². The molecule has 0 bridgehead atoms. The molecule has 1 aliphatic heterocycles. The molecule has 0 spiro atoms. The molecule has 1 fully saturated rings. The normalized spacial score (nSPS) is 16.3. The molecule has 1 heterocycles. The second-order valence-electron chi connectivity index (χ2n) is 6.29. The molecule has 2 N–H and O–H groups in total. The Morgan fingerprint density at radius 2 is 2.04 bits per heavy atom. The van der Waals surface area contributed by atoms with Crippen molar-refractivity contribution in [2.24, 2.45) is 0 Å². The number of aryl methyl sites for hydroxylation is 1. The number of aromatic carboxylic acids is 1. The van der Waals surface area contributed by atoms with Crippen LogP contribution in [0, 0.1) is 6.92 Å². The number of benzene rings is 2. The Labute approximate surface area is 151 Å². The lowest BCUT2D eigenvalue weighted by Gasteiger charge is -2.16. The van der Waals surface area contributed by atoms with Crippen LogP contribution in [0.4, 0.5) is 5.69 Å². The maximum atomic E-state index is 12.5. The van der Waals surface area contributed by atoms with Gasteiger partial charge in [0.1, 0.15) is 12.4 Å². The zero-order valence-corrected chi connectivity index (χ0v) is 14.5. The van der Waals surface area contributed by atoms with E-state index in [0.29, 0.717) is 18.0 Å². The Balaban J connectivity index is 1.74. The van der Waals surface area contributed by atoms with Gasteiger partial charge in [-0.3, -0.25) is 4.79 Å². The van der Waals surface area contributed by atoms with Gasteiger partial charge in [-0.15, -0.1) is 0 Å². The first-order chi connectivity index (χ1) is 12.5. The maximum absolute atomic E-state index is 12.5. The molecule has 1 saturated heterocycles. The molecule has 0 aliphatic carbocycles. The van der Waals surface area contributed by atoms with E-state index < -0.39 is 5.97 Å². The van der Waals surface area contributed by atoms with E-state index in [9.17, 15) is 9.59 Å². The first-order valence-corrected chi connectivity index (χ1v) is 8.52. The minimum atomic E-state index is -1.07. The third-order valence-electron chi connectivity index (χ3n) is 4.21. The summed E-state index contributed by atoms with van der Waals surface area (Å²) in [6.45, 7) is 3.13. The summed E-state index contributed by atoms with van der Waals surface area (Å²) in [7, 11) is 0. The Morgan fingerprint density at radius 3 is 2.77 bits per heavy atom. The van der Waals surface area contributed by atoms with Crippen LogP contribution in [0.2, 0.25) is 0 Å². The Kier molecular flexibility index (Phi) is 5.53. The van der Waals surface area contributed by atoms with Crippen LogP contribution in [0.15, 0.2) is 42.5 Å². The van der Waals surface area contributed by atoms with Crippen molar-refractivity contribution in [2.45, 2.75) is 25.9 Å². The lowest BCUT2D eigenvalue weighted by Crippen LogP contribution is -2.18. The summed E-state index contributed by atoms with van der Waals surface area (Å²) in [4.78, 5) is 23.6. The molecule has 0 aromatic heterocycles. The minimum Gasteiger partial charge on any atom is -0.489 e. The van der Waals surface area contributed by atoms with Gasteiger partial charge in [-0.1, -0.05) is 12.1 Å². The van der Waals surface area contributed by atoms with Gasteiger partial charge in [-0.25, -0.2) is 4.79 Å². The summed E-state index contributed by atoms with van der Waals surface area (Å²) in [6, 6.07) is 11.4. The van der Waals surface area contributed by atoms with Crippen LogP contribution in [-0.2, 0) is 4.74 Å². The standard InChI is InChI=1S/C20H21NO5/c1-13-7-8-17(18(10-13)26-12-16-6-3-9-25-16)21-19(22)14-4-2-5-15(11-14)20(23)24/h2,4-5,7-8,10-11,16H,3,6,9,12H2,1H3,(H,21,22)(H,23,24). The Hall–Kier alpha value is -2.86. The van der Waals surface area contributed by atoms with Crippen molar-refractivity contribution in [1.82, 2.24) is 0 Å². The average Bonchev–Trinajstić information content (AvgIpc) is 3.15. The zero-order valence-electron chi connectivity index (χ0n) is 14.5. The van der Waals surface area contributed by atoms with E-state index >= 15 is 0 Å². The number of anilines is 1. The summed E-state index contributed by atoms with van der Waals surface area (Å²) in [5.74, 6) is -0.891. The van der Waals surface area contributed by atoms with E-state index in [1.807, 2.05) is 19.1 Å². The number of hydrogen-bond donors (Lipinski definition) is 2. The smallest absolute Gasteiger partial charge is 0.335 e. The second-order valence-corrected chi connectivity index (χ2v) is 6.29. The second kappa shape index (κ2) is 8.01. The van der Waals surface area contributed by atoms with Crippen LogP contribution in [0.1, 0.15) is 39.1 Å². The highest BCUT2D eigenvalue weighted by Gasteiger charge is 2.18. The molecule has 0 saturated carbocycles. The van der Waals surface area contributed by atoms with Gasteiger partial charge in [0.2, 0.25) is 0 Å². The van der Waals surface area contributed by atoms with Crippen LogP contribution >= 0.6 is 0 Å².